The molecule has 1 amide bonds. The highest BCUT2D eigenvalue weighted by atomic mass is 19.4. The van der Waals surface area contributed by atoms with Gasteiger partial charge in [-0.3, -0.25) is 4.79 Å². The van der Waals surface area contributed by atoms with Gasteiger partial charge in [-0.05, 0) is 31.0 Å². The zero-order valence-corrected chi connectivity index (χ0v) is 10.3. The summed E-state index contributed by atoms with van der Waals surface area (Å²) >= 11 is 0. The van der Waals surface area contributed by atoms with Crippen LogP contribution in [0.1, 0.15) is 23.2 Å². The number of nitrogens with one attached hydrogen (secondary N) is 2. The largest absolute Gasteiger partial charge is 0.411 e. The van der Waals surface area contributed by atoms with Gasteiger partial charge >= 0.3 is 6.18 Å². The second-order valence-corrected chi connectivity index (χ2v) is 5.04. The molecule has 0 bridgehead atoms. The Labute approximate surface area is 112 Å². The van der Waals surface area contributed by atoms with Gasteiger partial charge in [-0.15, -0.1) is 0 Å². The summed E-state index contributed by atoms with van der Waals surface area (Å²) in [5.74, 6) is -0.726. The first kappa shape index (κ1) is 12.8. The molecule has 0 aliphatic heterocycles. The Bertz CT molecular complexity index is 686. The van der Waals surface area contributed by atoms with Crippen LogP contribution in [0.4, 0.5) is 18.9 Å². The molecule has 20 heavy (non-hydrogen) atoms. The minimum atomic E-state index is -4.42. The lowest BCUT2D eigenvalue weighted by Crippen LogP contribution is -2.47. The monoisotopic (exact) mass is 283 g/mol. The van der Waals surface area contributed by atoms with Crippen LogP contribution in [0, 0.1) is 0 Å². The molecule has 2 aromatic rings. The summed E-state index contributed by atoms with van der Waals surface area (Å²) in [6, 6.07) is 4.84. The molecule has 0 atom stereocenters. The first-order chi connectivity index (χ1) is 9.32. The van der Waals surface area contributed by atoms with Crippen molar-refractivity contribution in [2.24, 2.45) is 0 Å². The minimum Gasteiger partial charge on any atom is -0.399 e. The maximum Gasteiger partial charge on any atom is 0.411 e. The van der Waals surface area contributed by atoms with Crippen LogP contribution in [0.2, 0.25) is 0 Å². The van der Waals surface area contributed by atoms with Crippen molar-refractivity contribution < 1.29 is 18.0 Å². The molecule has 0 unspecified atom stereocenters. The number of nitrogen functional groups attached to an aromatic ring is 1. The highest BCUT2D eigenvalue weighted by Crippen LogP contribution is 2.49. The van der Waals surface area contributed by atoms with E-state index >= 15 is 0 Å². The number of hydrogen-bond donors (Lipinski definition) is 3. The summed E-state index contributed by atoms with van der Waals surface area (Å²) in [6.07, 6.45) is -3.17. The van der Waals surface area contributed by atoms with Crippen molar-refractivity contribution in [1.82, 2.24) is 10.3 Å². The van der Waals surface area contributed by atoms with Crippen LogP contribution in [0.25, 0.3) is 10.9 Å². The Morgan fingerprint density at radius 1 is 1.35 bits per heavy atom. The maximum absolute atomic E-state index is 12.8. The summed E-state index contributed by atoms with van der Waals surface area (Å²) in [4.78, 5) is 14.9. The predicted molar refractivity (Wildman–Crippen MR) is 68.2 cm³/mol. The second kappa shape index (κ2) is 3.91. The molecular weight excluding hydrogens is 271 g/mol. The molecule has 0 radical (unpaired) electrons. The number of H-pyrrole nitrogens is 1. The number of carbonyl (C=O) groups excluding carboxylic acids is 1. The van der Waals surface area contributed by atoms with Gasteiger partial charge in [0, 0.05) is 22.8 Å². The van der Waals surface area contributed by atoms with Crippen LogP contribution in [0.15, 0.2) is 24.4 Å². The van der Waals surface area contributed by atoms with Crippen LogP contribution in [0.3, 0.4) is 0 Å². The summed E-state index contributed by atoms with van der Waals surface area (Å²) in [5.41, 5.74) is 4.88. The average Bonchev–Trinajstić information content (AvgIpc) is 3.02. The number of fused-ring (bicyclic) bond motifs is 1. The van der Waals surface area contributed by atoms with Crippen LogP contribution in [0.5, 0.6) is 0 Å². The molecule has 4 nitrogen and oxygen atoms in total. The summed E-state index contributed by atoms with van der Waals surface area (Å²) in [5, 5.41) is 2.65. The van der Waals surface area contributed by atoms with Gasteiger partial charge in [-0.2, -0.15) is 13.2 Å². The van der Waals surface area contributed by atoms with Gasteiger partial charge in [0.05, 0.1) is 5.56 Å². The van der Waals surface area contributed by atoms with E-state index in [1.165, 1.54) is 6.20 Å². The van der Waals surface area contributed by atoms with Gasteiger partial charge in [-0.1, -0.05) is 0 Å². The van der Waals surface area contributed by atoms with E-state index in [1.807, 2.05) is 0 Å². The molecule has 106 valence electrons. The molecule has 4 N–H and O–H groups in total. The third-order valence-electron chi connectivity index (χ3n) is 3.60. The number of nitrogens with two attached hydrogens (primary N) is 1. The van der Waals surface area contributed by atoms with Crippen LogP contribution >= 0.6 is 0 Å². The Morgan fingerprint density at radius 3 is 2.65 bits per heavy atom. The smallest absolute Gasteiger partial charge is 0.399 e. The molecule has 1 aromatic heterocycles. The number of anilines is 1. The molecule has 3 rings (SSSR count). The van der Waals surface area contributed by atoms with Crippen molar-refractivity contribution in [2.75, 3.05) is 5.73 Å². The van der Waals surface area contributed by atoms with Crippen LogP contribution in [-0.4, -0.2) is 22.6 Å². The molecule has 0 spiro atoms. The lowest BCUT2D eigenvalue weighted by Gasteiger charge is -2.20. The molecule has 1 fully saturated rings. The Kier molecular flexibility index (Phi) is 2.51. The molecule has 1 saturated carbocycles. The predicted octanol–water partition coefficient (Wildman–Crippen LogP) is 2.57. The molecular formula is C13H12F3N3O. The number of hydrogen-bond acceptors (Lipinski definition) is 2. The zero-order chi connectivity index (χ0) is 14.5. The van der Waals surface area contributed by atoms with E-state index in [0.29, 0.717) is 16.6 Å². The van der Waals surface area contributed by atoms with Gasteiger partial charge in [0.25, 0.3) is 5.91 Å². The van der Waals surface area contributed by atoms with Crippen LogP contribution < -0.4 is 11.1 Å². The van der Waals surface area contributed by atoms with E-state index in [1.54, 1.807) is 18.2 Å². The van der Waals surface area contributed by atoms with Gasteiger partial charge in [0.15, 0.2) is 0 Å². The molecule has 1 aliphatic carbocycles. The summed E-state index contributed by atoms with van der Waals surface area (Å²) < 4.78 is 38.5. The molecule has 0 saturated heterocycles. The summed E-state index contributed by atoms with van der Waals surface area (Å²) in [7, 11) is 0. The first-order valence-electron chi connectivity index (χ1n) is 6.08. The lowest BCUT2D eigenvalue weighted by molar-refractivity contribution is -0.163. The third kappa shape index (κ3) is 1.90. The topological polar surface area (TPSA) is 70.9 Å². The molecule has 7 heteroatoms. The van der Waals surface area contributed by atoms with E-state index in [4.69, 9.17) is 5.73 Å². The second-order valence-electron chi connectivity index (χ2n) is 5.04. The number of alkyl halides is 3. The zero-order valence-electron chi connectivity index (χ0n) is 10.3. The maximum atomic E-state index is 12.8. The number of aromatic amines is 1. The van der Waals surface area contributed by atoms with E-state index in [0.717, 1.165) is 0 Å². The number of aromatic nitrogens is 1. The van der Waals surface area contributed by atoms with Crippen molar-refractivity contribution >= 4 is 22.5 Å². The quantitative estimate of drug-likeness (QED) is 0.741. The van der Waals surface area contributed by atoms with Gasteiger partial charge in [0.2, 0.25) is 0 Å². The lowest BCUT2D eigenvalue weighted by atomic mass is 10.1. The van der Waals surface area contributed by atoms with Gasteiger partial charge < -0.3 is 16.0 Å². The van der Waals surface area contributed by atoms with Crippen molar-refractivity contribution in [3.8, 4) is 0 Å². The van der Waals surface area contributed by atoms with E-state index in [2.05, 4.69) is 10.3 Å². The van der Waals surface area contributed by atoms with E-state index in [-0.39, 0.29) is 18.4 Å². The fourth-order valence-corrected chi connectivity index (χ4v) is 2.22. The molecule has 1 heterocycles. The fraction of sp³-hybridized carbons (Fsp3) is 0.308. The third-order valence-corrected chi connectivity index (χ3v) is 3.60. The number of amides is 1. The van der Waals surface area contributed by atoms with Gasteiger partial charge in [-0.25, -0.2) is 0 Å². The van der Waals surface area contributed by atoms with Crippen molar-refractivity contribution in [2.45, 2.75) is 24.6 Å². The highest BCUT2D eigenvalue weighted by Gasteiger charge is 2.64. The highest BCUT2D eigenvalue weighted by molar-refractivity contribution is 6.07. The standard InChI is InChI=1S/C13H12F3N3O/c14-13(15,16)12(3-4-12)19-11(20)9-6-18-10-5-7(17)1-2-8(9)10/h1-2,5-6,18H,3-4,17H2,(H,19,20). The van der Waals surface area contributed by atoms with Gasteiger partial charge in [0.1, 0.15) is 5.54 Å². The van der Waals surface area contributed by atoms with E-state index in [9.17, 15) is 18.0 Å². The average molecular weight is 283 g/mol. The first-order valence-corrected chi connectivity index (χ1v) is 6.08. The number of benzene rings is 1. The SMILES string of the molecule is Nc1ccc2c(C(=O)NC3(C(F)(F)F)CC3)c[nH]c2c1. The summed E-state index contributed by atoms with van der Waals surface area (Å²) in [6.45, 7) is 0. The van der Waals surface area contributed by atoms with Crippen molar-refractivity contribution in [3.05, 3.63) is 30.0 Å². The van der Waals surface area contributed by atoms with Crippen molar-refractivity contribution in [1.29, 1.82) is 0 Å². The fourth-order valence-electron chi connectivity index (χ4n) is 2.22. The number of rotatable bonds is 2. The number of halogens is 3. The molecule has 1 aromatic carbocycles. The Balaban J connectivity index is 1.90. The minimum absolute atomic E-state index is 0.0719. The van der Waals surface area contributed by atoms with Crippen LogP contribution in [-0.2, 0) is 0 Å². The Hall–Kier alpha value is -2.18. The van der Waals surface area contributed by atoms with E-state index < -0.39 is 17.6 Å². The normalized spacial score (nSPS) is 17.1. The number of carbonyl (C=O) groups is 1. The Morgan fingerprint density at radius 2 is 2.05 bits per heavy atom. The van der Waals surface area contributed by atoms with Crippen molar-refractivity contribution in [3.63, 3.8) is 0 Å². The molecule has 1 aliphatic rings.